The lowest BCUT2D eigenvalue weighted by molar-refractivity contribution is -0.152. The average molecular weight is 641 g/mol. The number of unbranched alkanes of at least 4 members (excludes halogenated alkanes) is 26. The predicted octanol–water partition coefficient (Wildman–Crippen LogP) is 11.8. The Morgan fingerprint density at radius 2 is 0.822 bits per heavy atom. The molecule has 0 aromatic heterocycles. The van der Waals surface area contributed by atoms with E-state index in [0.29, 0.717) is 19.8 Å². The monoisotopic (exact) mass is 641 g/mol. The molecule has 0 aliphatic carbocycles. The van der Waals surface area contributed by atoms with Gasteiger partial charge in [0.25, 0.3) is 0 Å². The zero-order chi connectivity index (χ0) is 32.9. The van der Waals surface area contributed by atoms with E-state index < -0.39 is 11.9 Å². The second-order valence-electron chi connectivity index (χ2n) is 13.3. The Balaban J connectivity index is 3.85. The van der Waals surface area contributed by atoms with Gasteiger partial charge in [-0.05, 0) is 12.8 Å². The molecule has 6 heteroatoms. The Morgan fingerprint density at radius 3 is 1.20 bits per heavy atom. The summed E-state index contributed by atoms with van der Waals surface area (Å²) in [4.78, 5) is 22.6. The Morgan fingerprint density at radius 1 is 0.467 bits per heavy atom. The van der Waals surface area contributed by atoms with Crippen LogP contribution in [0.1, 0.15) is 206 Å². The van der Waals surface area contributed by atoms with Crippen LogP contribution < -0.4 is 0 Å². The predicted molar refractivity (Wildman–Crippen MR) is 189 cm³/mol. The highest BCUT2D eigenvalue weighted by Gasteiger charge is 2.14. The van der Waals surface area contributed by atoms with Gasteiger partial charge in [0.2, 0.25) is 0 Å². The van der Waals surface area contributed by atoms with E-state index >= 15 is 0 Å². The molecule has 0 aromatic rings. The van der Waals surface area contributed by atoms with Gasteiger partial charge in [-0.15, -0.1) is 0 Å². The summed E-state index contributed by atoms with van der Waals surface area (Å²) in [5.41, 5.74) is 0. The molecule has 0 aromatic carbocycles. The topological polar surface area (TPSA) is 82.1 Å². The highest BCUT2D eigenvalue weighted by molar-refractivity contribution is 5.76. The summed E-state index contributed by atoms with van der Waals surface area (Å²) in [5, 5.41) is 8.80. The van der Waals surface area contributed by atoms with Gasteiger partial charge in [0.15, 0.2) is 0 Å². The number of carbonyl (C=O) groups excluding carboxylic acids is 1. The van der Waals surface area contributed by atoms with Crippen LogP contribution in [-0.2, 0) is 23.8 Å². The zero-order valence-corrected chi connectivity index (χ0v) is 30.1. The number of hydrogen-bond acceptors (Lipinski definition) is 5. The fraction of sp³-hybridized carbons (Fsp3) is 0.949. The van der Waals surface area contributed by atoms with Crippen molar-refractivity contribution >= 4 is 11.9 Å². The molecular weight excluding hydrogens is 564 g/mol. The minimum Gasteiger partial charge on any atom is -0.481 e. The van der Waals surface area contributed by atoms with Gasteiger partial charge in [-0.3, -0.25) is 9.59 Å². The number of carbonyl (C=O) groups is 2. The summed E-state index contributed by atoms with van der Waals surface area (Å²) in [6.45, 7) is 6.41. The first-order valence-electron chi connectivity index (χ1n) is 19.7. The third kappa shape index (κ3) is 37.2. The molecule has 1 N–H and O–H groups in total. The van der Waals surface area contributed by atoms with Crippen molar-refractivity contribution in [1.29, 1.82) is 0 Å². The quantitative estimate of drug-likeness (QED) is 0.0534. The summed E-state index contributed by atoms with van der Waals surface area (Å²) in [7, 11) is 0. The van der Waals surface area contributed by atoms with Crippen molar-refractivity contribution in [3.8, 4) is 0 Å². The summed E-state index contributed by atoms with van der Waals surface area (Å²) >= 11 is 0. The number of esters is 1. The van der Waals surface area contributed by atoms with Crippen LogP contribution in [0.4, 0.5) is 0 Å². The molecule has 0 spiro atoms. The van der Waals surface area contributed by atoms with Gasteiger partial charge in [0.05, 0.1) is 19.4 Å². The van der Waals surface area contributed by atoms with Crippen LogP contribution in [0.2, 0.25) is 0 Å². The van der Waals surface area contributed by atoms with Gasteiger partial charge in [-0.25, -0.2) is 0 Å². The van der Waals surface area contributed by atoms with Gasteiger partial charge in [-0.1, -0.05) is 181 Å². The van der Waals surface area contributed by atoms with Crippen molar-refractivity contribution < 1.29 is 28.9 Å². The molecule has 0 amide bonds. The minimum absolute atomic E-state index is 0.110. The van der Waals surface area contributed by atoms with E-state index in [9.17, 15) is 9.59 Å². The number of ether oxygens (including phenoxy) is 3. The number of rotatable bonds is 38. The van der Waals surface area contributed by atoms with Crippen molar-refractivity contribution in [2.45, 2.75) is 213 Å². The van der Waals surface area contributed by atoms with Crippen LogP contribution in [0.25, 0.3) is 0 Å². The zero-order valence-electron chi connectivity index (χ0n) is 30.1. The molecule has 0 aliphatic rings. The van der Waals surface area contributed by atoms with Crippen LogP contribution in [0.5, 0.6) is 0 Å². The smallest absolute Gasteiger partial charge is 0.306 e. The minimum atomic E-state index is -0.992. The van der Waals surface area contributed by atoms with Crippen molar-refractivity contribution in [1.82, 2.24) is 0 Å². The van der Waals surface area contributed by atoms with E-state index in [0.717, 1.165) is 19.3 Å². The van der Waals surface area contributed by atoms with Crippen molar-refractivity contribution in [3.05, 3.63) is 0 Å². The van der Waals surface area contributed by atoms with E-state index in [2.05, 4.69) is 13.8 Å². The van der Waals surface area contributed by atoms with E-state index in [1.165, 1.54) is 161 Å². The van der Waals surface area contributed by atoms with Gasteiger partial charge in [-0.2, -0.15) is 0 Å². The molecule has 0 heterocycles. The van der Waals surface area contributed by atoms with Crippen LogP contribution in [0, 0.1) is 0 Å². The first-order valence-corrected chi connectivity index (χ1v) is 19.7. The van der Waals surface area contributed by atoms with Gasteiger partial charge >= 0.3 is 11.9 Å². The number of hydrogen-bond donors (Lipinski definition) is 1. The van der Waals surface area contributed by atoms with Crippen molar-refractivity contribution in [2.24, 2.45) is 0 Å². The highest BCUT2D eigenvalue weighted by Crippen LogP contribution is 2.15. The number of carboxylic acids is 1. The molecular formula is C39H76O6. The molecule has 0 radical (unpaired) electrons. The fourth-order valence-electron chi connectivity index (χ4n) is 5.77. The largest absolute Gasteiger partial charge is 0.481 e. The molecule has 1 unspecified atom stereocenters. The molecule has 268 valence electrons. The third-order valence-corrected chi connectivity index (χ3v) is 8.77. The van der Waals surface area contributed by atoms with E-state index in [-0.39, 0.29) is 25.6 Å². The molecule has 0 rings (SSSR count). The SMILES string of the molecule is CCCCCCCCCCCCCCCCOCC(COC(=O)CCC(=O)O)OCCCCCCCCCCCCCCCC. The van der Waals surface area contributed by atoms with Crippen molar-refractivity contribution in [2.75, 3.05) is 26.4 Å². The van der Waals surface area contributed by atoms with Crippen molar-refractivity contribution in [3.63, 3.8) is 0 Å². The third-order valence-electron chi connectivity index (χ3n) is 8.77. The van der Waals surface area contributed by atoms with Crippen LogP contribution in [0.15, 0.2) is 0 Å². The lowest BCUT2D eigenvalue weighted by Crippen LogP contribution is -2.28. The summed E-state index contributed by atoms with van der Waals surface area (Å²) in [6, 6.07) is 0. The fourth-order valence-corrected chi connectivity index (χ4v) is 5.77. The molecule has 0 bridgehead atoms. The standard InChI is InChI=1S/C39H76O6/c1-3-5-7-9-11-13-15-17-19-21-23-25-27-29-33-43-35-37(36-45-39(42)32-31-38(40)41)44-34-30-28-26-24-22-20-18-16-14-12-10-8-6-4-2/h37H,3-36H2,1-2H3,(H,40,41). The molecule has 45 heavy (non-hydrogen) atoms. The van der Waals surface area contributed by atoms with E-state index in [4.69, 9.17) is 19.3 Å². The number of carboxylic acid groups (broad SMARTS) is 1. The molecule has 0 fully saturated rings. The normalized spacial score (nSPS) is 12.0. The second kappa shape index (κ2) is 37.3. The van der Waals surface area contributed by atoms with Crippen LogP contribution in [-0.4, -0.2) is 49.6 Å². The Bertz CT molecular complexity index is 610. The Labute approximate surface area is 279 Å². The highest BCUT2D eigenvalue weighted by atomic mass is 16.6. The molecule has 0 saturated heterocycles. The lowest BCUT2D eigenvalue weighted by atomic mass is 10.0. The Kier molecular flexibility index (Phi) is 36.4. The Hall–Kier alpha value is -1.14. The maximum absolute atomic E-state index is 11.9. The van der Waals surface area contributed by atoms with Gasteiger partial charge in [0, 0.05) is 13.2 Å². The summed E-state index contributed by atoms with van der Waals surface area (Å²) in [6.07, 6.45) is 36.6. The molecule has 1 atom stereocenters. The van der Waals surface area contributed by atoms with Crippen LogP contribution in [0.3, 0.4) is 0 Å². The molecule has 0 aliphatic heterocycles. The maximum Gasteiger partial charge on any atom is 0.306 e. The lowest BCUT2D eigenvalue weighted by Gasteiger charge is -2.18. The number of aliphatic carboxylic acids is 1. The van der Waals surface area contributed by atoms with Gasteiger partial charge < -0.3 is 19.3 Å². The first-order chi connectivity index (χ1) is 22.1. The van der Waals surface area contributed by atoms with E-state index in [1.54, 1.807) is 0 Å². The van der Waals surface area contributed by atoms with E-state index in [1.807, 2.05) is 0 Å². The summed E-state index contributed by atoms with van der Waals surface area (Å²) in [5.74, 6) is -1.48. The molecule has 6 nitrogen and oxygen atoms in total. The summed E-state index contributed by atoms with van der Waals surface area (Å²) < 4.78 is 17.2. The first kappa shape index (κ1) is 43.9. The molecule has 0 saturated carbocycles. The maximum atomic E-state index is 11.9. The average Bonchev–Trinajstić information content (AvgIpc) is 3.03. The van der Waals surface area contributed by atoms with Gasteiger partial charge in [0.1, 0.15) is 12.7 Å². The second-order valence-corrected chi connectivity index (χ2v) is 13.3. The van der Waals surface area contributed by atoms with Crippen LogP contribution >= 0.6 is 0 Å².